The summed E-state index contributed by atoms with van der Waals surface area (Å²) in [6, 6.07) is 6.24. The summed E-state index contributed by atoms with van der Waals surface area (Å²) in [7, 11) is 10.1. The maximum atomic E-state index is 4.77. The molecule has 0 aromatic carbocycles. The van der Waals surface area contributed by atoms with Gasteiger partial charge < -0.3 is 20.0 Å². The van der Waals surface area contributed by atoms with Crippen LogP contribution in [0, 0.1) is 0 Å². The standard InChI is InChI=1S/C22H32N10S2/c1-14-23-19(27-17-9-8-10-33-17)28-20(24-14)30(5)12-16-11-18(34-13-16)31(6)22-26-15(2)25-21(29(3)4)32(22)7/h8-11,13-15H,12H2,1-7H3,(H2,23,24,27,28). The molecule has 2 unspecified atom stereocenters. The van der Waals surface area contributed by atoms with Crippen molar-refractivity contribution >= 4 is 56.5 Å². The predicted molar refractivity (Wildman–Crippen MR) is 145 cm³/mol. The highest BCUT2D eigenvalue weighted by molar-refractivity contribution is 7.14. The van der Waals surface area contributed by atoms with Crippen molar-refractivity contribution in [3.8, 4) is 0 Å². The first-order valence-corrected chi connectivity index (χ1v) is 12.8. The van der Waals surface area contributed by atoms with Crippen LogP contribution in [-0.2, 0) is 6.54 Å². The van der Waals surface area contributed by atoms with E-state index in [4.69, 9.17) is 4.99 Å². The highest BCUT2D eigenvalue weighted by Crippen LogP contribution is 2.27. The molecule has 0 spiro atoms. The minimum absolute atomic E-state index is 0.118. The number of hydrogen-bond donors (Lipinski definition) is 2. The van der Waals surface area contributed by atoms with Crippen LogP contribution in [0.25, 0.3) is 0 Å². The third kappa shape index (κ3) is 5.33. The molecule has 2 aromatic heterocycles. The van der Waals surface area contributed by atoms with Gasteiger partial charge in [-0.25, -0.2) is 20.0 Å². The lowest BCUT2D eigenvalue weighted by molar-refractivity contribution is 0.479. The highest BCUT2D eigenvalue weighted by Gasteiger charge is 2.26. The summed E-state index contributed by atoms with van der Waals surface area (Å²) < 4.78 is 0. The van der Waals surface area contributed by atoms with Crippen molar-refractivity contribution in [3.05, 3.63) is 34.5 Å². The fraction of sp³-hybridized carbons (Fsp3) is 0.455. The number of thiophene rings is 2. The van der Waals surface area contributed by atoms with Gasteiger partial charge in [0.05, 0.1) is 10.0 Å². The lowest BCUT2D eigenvalue weighted by Gasteiger charge is -2.35. The van der Waals surface area contributed by atoms with E-state index in [1.165, 1.54) is 5.56 Å². The maximum Gasteiger partial charge on any atom is 0.210 e. The zero-order chi connectivity index (χ0) is 24.4. The van der Waals surface area contributed by atoms with Crippen LogP contribution in [0.15, 0.2) is 48.9 Å². The molecule has 2 aromatic rings. The van der Waals surface area contributed by atoms with E-state index in [2.05, 4.69) is 46.9 Å². The van der Waals surface area contributed by atoms with Crippen LogP contribution < -0.4 is 15.5 Å². The minimum atomic E-state index is -0.153. The van der Waals surface area contributed by atoms with Gasteiger partial charge in [-0.05, 0) is 48.4 Å². The van der Waals surface area contributed by atoms with Crippen LogP contribution in [0.4, 0.5) is 10.0 Å². The second kappa shape index (κ2) is 10.0. The molecule has 12 heteroatoms. The summed E-state index contributed by atoms with van der Waals surface area (Å²) in [5.74, 6) is 3.27. The quantitative estimate of drug-likeness (QED) is 0.671. The SMILES string of the molecule is CC1N=C(Nc2cccs2)NC(N(C)Cc2csc(N(C)C3=NC(C)N=C(N(C)C)N3C)c2)=N1. The van der Waals surface area contributed by atoms with Gasteiger partial charge in [0.2, 0.25) is 23.8 Å². The maximum absolute atomic E-state index is 4.77. The predicted octanol–water partition coefficient (Wildman–Crippen LogP) is 3.02. The van der Waals surface area contributed by atoms with E-state index in [1.807, 2.05) is 76.4 Å². The molecule has 10 nitrogen and oxygen atoms in total. The number of aliphatic imine (C=N–C) groups is 4. The van der Waals surface area contributed by atoms with Gasteiger partial charge in [-0.1, -0.05) is 0 Å². The molecule has 4 rings (SSSR count). The molecule has 34 heavy (non-hydrogen) atoms. The van der Waals surface area contributed by atoms with E-state index in [1.54, 1.807) is 22.7 Å². The molecule has 0 amide bonds. The lowest BCUT2D eigenvalue weighted by Crippen LogP contribution is -2.51. The van der Waals surface area contributed by atoms with Crippen molar-refractivity contribution in [1.29, 1.82) is 0 Å². The van der Waals surface area contributed by atoms with E-state index in [0.29, 0.717) is 5.96 Å². The Hall–Kier alpha value is -3.12. The Balaban J connectivity index is 1.41. The van der Waals surface area contributed by atoms with Crippen molar-refractivity contribution in [1.82, 2.24) is 20.0 Å². The Morgan fingerprint density at radius 2 is 1.76 bits per heavy atom. The van der Waals surface area contributed by atoms with E-state index < -0.39 is 0 Å². The molecule has 2 atom stereocenters. The van der Waals surface area contributed by atoms with Gasteiger partial charge in [0.15, 0.2) is 0 Å². The Kier molecular flexibility index (Phi) is 7.08. The monoisotopic (exact) mass is 500 g/mol. The molecule has 2 aliphatic rings. The first-order chi connectivity index (χ1) is 16.2. The second-order valence-corrected chi connectivity index (χ2v) is 10.3. The van der Waals surface area contributed by atoms with Crippen molar-refractivity contribution in [2.45, 2.75) is 32.7 Å². The second-order valence-electron chi connectivity index (χ2n) is 8.44. The Labute approximate surface area is 209 Å². The van der Waals surface area contributed by atoms with Gasteiger partial charge in [-0.2, -0.15) is 0 Å². The number of hydrogen-bond acceptors (Lipinski definition) is 12. The molecule has 0 fully saturated rings. The zero-order valence-corrected chi connectivity index (χ0v) is 22.3. The summed E-state index contributed by atoms with van der Waals surface area (Å²) in [5, 5.41) is 13.0. The molecule has 0 aliphatic carbocycles. The Morgan fingerprint density at radius 3 is 2.47 bits per heavy atom. The normalized spacial score (nSPS) is 20.0. The van der Waals surface area contributed by atoms with Gasteiger partial charge >= 0.3 is 0 Å². The summed E-state index contributed by atoms with van der Waals surface area (Å²) in [6.45, 7) is 4.71. The van der Waals surface area contributed by atoms with E-state index in [9.17, 15) is 0 Å². The van der Waals surface area contributed by atoms with Crippen LogP contribution in [0.3, 0.4) is 0 Å². The number of anilines is 2. The van der Waals surface area contributed by atoms with Crippen LogP contribution in [0.1, 0.15) is 19.4 Å². The third-order valence-corrected chi connectivity index (χ3v) is 7.11. The van der Waals surface area contributed by atoms with Crippen molar-refractivity contribution < 1.29 is 0 Å². The zero-order valence-electron chi connectivity index (χ0n) is 20.6. The molecule has 182 valence electrons. The van der Waals surface area contributed by atoms with Crippen LogP contribution in [0.5, 0.6) is 0 Å². The van der Waals surface area contributed by atoms with Crippen molar-refractivity contribution in [2.75, 3.05) is 45.5 Å². The minimum Gasteiger partial charge on any atom is -0.349 e. The van der Waals surface area contributed by atoms with Crippen LogP contribution >= 0.6 is 22.7 Å². The Morgan fingerprint density at radius 1 is 1.03 bits per heavy atom. The third-order valence-electron chi connectivity index (χ3n) is 5.27. The summed E-state index contributed by atoms with van der Waals surface area (Å²) in [5.41, 5.74) is 1.20. The van der Waals surface area contributed by atoms with Crippen LogP contribution in [-0.4, -0.2) is 86.1 Å². The first kappa shape index (κ1) is 24.0. The van der Waals surface area contributed by atoms with Crippen LogP contribution in [0.2, 0.25) is 0 Å². The number of nitrogens with zero attached hydrogens (tertiary/aromatic N) is 8. The molecule has 0 saturated carbocycles. The lowest BCUT2D eigenvalue weighted by atomic mass is 10.3. The van der Waals surface area contributed by atoms with E-state index in [0.717, 1.165) is 34.4 Å². The molecular weight excluding hydrogens is 468 g/mol. The smallest absolute Gasteiger partial charge is 0.210 e. The highest BCUT2D eigenvalue weighted by atomic mass is 32.1. The van der Waals surface area contributed by atoms with Gasteiger partial charge in [-0.15, -0.1) is 22.7 Å². The molecule has 0 saturated heterocycles. The van der Waals surface area contributed by atoms with Gasteiger partial charge in [-0.3, -0.25) is 10.2 Å². The Bertz CT molecular complexity index is 1110. The summed E-state index contributed by atoms with van der Waals surface area (Å²) in [6.07, 6.45) is -0.271. The largest absolute Gasteiger partial charge is 0.349 e. The summed E-state index contributed by atoms with van der Waals surface area (Å²) >= 11 is 3.34. The van der Waals surface area contributed by atoms with Gasteiger partial charge in [0.1, 0.15) is 12.3 Å². The van der Waals surface area contributed by atoms with Gasteiger partial charge in [0, 0.05) is 41.8 Å². The molecule has 0 bridgehead atoms. The summed E-state index contributed by atoms with van der Waals surface area (Å²) in [4.78, 5) is 26.9. The molecule has 2 aliphatic heterocycles. The molecule has 0 radical (unpaired) electrons. The molecular formula is C22H32N10S2. The van der Waals surface area contributed by atoms with Crippen molar-refractivity contribution in [2.24, 2.45) is 20.0 Å². The molecule has 2 N–H and O–H groups in total. The fourth-order valence-electron chi connectivity index (χ4n) is 3.71. The van der Waals surface area contributed by atoms with E-state index in [-0.39, 0.29) is 12.3 Å². The van der Waals surface area contributed by atoms with Gasteiger partial charge in [0.25, 0.3) is 0 Å². The number of rotatable bonds is 4. The number of guanidine groups is 4. The number of nitrogens with one attached hydrogen (secondary N) is 2. The molecule has 4 heterocycles. The van der Waals surface area contributed by atoms with E-state index >= 15 is 0 Å². The first-order valence-electron chi connectivity index (χ1n) is 11.0. The topological polar surface area (TPSA) is 86.5 Å². The fourth-order valence-corrected chi connectivity index (χ4v) is 5.20. The average molecular weight is 501 g/mol. The average Bonchev–Trinajstić information content (AvgIpc) is 3.46. The van der Waals surface area contributed by atoms with Crippen molar-refractivity contribution in [3.63, 3.8) is 0 Å².